The highest BCUT2D eigenvalue weighted by Gasteiger charge is 2.30. The third-order valence-corrected chi connectivity index (χ3v) is 6.45. The smallest absolute Gasteiger partial charge is 0.342 e. The maximum absolute atomic E-state index is 12.8. The first-order valence-corrected chi connectivity index (χ1v) is 9.98. The van der Waals surface area contributed by atoms with Crippen molar-refractivity contribution in [1.29, 1.82) is 0 Å². The minimum Gasteiger partial charge on any atom is -0.342 e. The summed E-state index contributed by atoms with van der Waals surface area (Å²) in [4.78, 5) is 2.19. The Morgan fingerprint density at radius 2 is 1.83 bits per heavy atom. The van der Waals surface area contributed by atoms with Gasteiger partial charge in [-0.05, 0) is 32.4 Å². The molecule has 1 aromatic carbocycles. The van der Waals surface area contributed by atoms with Gasteiger partial charge in [0.15, 0.2) is 0 Å². The van der Waals surface area contributed by atoms with Crippen molar-refractivity contribution >= 4 is 18.5 Å². The summed E-state index contributed by atoms with van der Waals surface area (Å²) in [5.74, 6) is 0. The number of nitrogens with zero attached hydrogens (tertiary/aromatic N) is 2. The first-order chi connectivity index (χ1) is 11.1. The van der Waals surface area contributed by atoms with Gasteiger partial charge in [0.2, 0.25) is 0 Å². The van der Waals surface area contributed by atoms with Crippen LogP contribution in [-0.2, 0) is 26.7 Å². The normalized spacial score (nSPS) is 16.0. The molecular weight excluding hydrogens is 311 g/mol. The Kier molecular flexibility index (Phi) is 4.93. The predicted molar refractivity (Wildman–Crippen MR) is 92.8 cm³/mol. The second-order valence-electron chi connectivity index (χ2n) is 5.88. The van der Waals surface area contributed by atoms with Gasteiger partial charge < -0.3 is 13.6 Å². The van der Waals surface area contributed by atoms with Gasteiger partial charge in [0.1, 0.15) is 6.29 Å². The van der Waals surface area contributed by atoms with Crippen LogP contribution in [0.1, 0.15) is 25.1 Å². The largest absolute Gasteiger partial charge is 0.344 e. The quantitative estimate of drug-likeness (QED) is 0.748. The number of para-hydroxylation sites is 1. The van der Waals surface area contributed by atoms with Gasteiger partial charge in [-0.2, -0.15) is 0 Å². The van der Waals surface area contributed by atoms with Crippen LogP contribution < -0.4 is 0 Å². The molecule has 0 radical (unpaired) electrons. The van der Waals surface area contributed by atoms with Crippen LogP contribution in [0.2, 0.25) is 0 Å². The van der Waals surface area contributed by atoms with Gasteiger partial charge >= 0.3 is 7.60 Å². The Morgan fingerprint density at radius 1 is 1.13 bits per heavy atom. The van der Waals surface area contributed by atoms with Crippen molar-refractivity contribution < 1.29 is 13.6 Å². The molecular formula is C17H25N2O3P. The summed E-state index contributed by atoms with van der Waals surface area (Å²) in [7, 11) is -3.03. The van der Waals surface area contributed by atoms with Crippen LogP contribution in [0.25, 0.3) is 10.9 Å². The van der Waals surface area contributed by atoms with Crippen molar-refractivity contribution in [2.75, 3.05) is 26.0 Å². The molecule has 2 aromatic rings. The second-order valence-corrected chi connectivity index (χ2v) is 7.90. The van der Waals surface area contributed by atoms with Crippen LogP contribution in [0.5, 0.6) is 0 Å². The zero-order valence-electron chi connectivity index (χ0n) is 14.1. The van der Waals surface area contributed by atoms with Crippen molar-refractivity contribution in [1.82, 2.24) is 9.47 Å². The number of aromatic nitrogens is 1. The lowest BCUT2D eigenvalue weighted by atomic mass is 10.1. The van der Waals surface area contributed by atoms with Crippen LogP contribution >= 0.6 is 7.60 Å². The standard InChI is InChI=1S/C17H25N2O3P/c1-4-21-23(20,22-5-2)13-18-10-11-19-16-9-7-6-8-15(16)14(3)17(19)12-18/h6-9H,4-5,10-13H2,1-3H3. The number of aryl methyl sites for hydroxylation is 1. The molecule has 23 heavy (non-hydrogen) atoms. The fraction of sp³-hybridized carbons (Fsp3) is 0.529. The number of fused-ring (bicyclic) bond motifs is 3. The molecule has 0 bridgehead atoms. The summed E-state index contributed by atoms with van der Waals surface area (Å²) >= 11 is 0. The molecule has 1 aliphatic heterocycles. The lowest BCUT2D eigenvalue weighted by Crippen LogP contribution is -2.34. The summed E-state index contributed by atoms with van der Waals surface area (Å²) in [6.07, 6.45) is 0.357. The van der Waals surface area contributed by atoms with Gasteiger partial charge in [-0.1, -0.05) is 18.2 Å². The highest BCUT2D eigenvalue weighted by molar-refractivity contribution is 7.53. The monoisotopic (exact) mass is 336 g/mol. The number of hydrogen-bond acceptors (Lipinski definition) is 4. The number of rotatable bonds is 6. The third-order valence-electron chi connectivity index (χ3n) is 4.40. The van der Waals surface area contributed by atoms with E-state index in [9.17, 15) is 4.57 Å². The van der Waals surface area contributed by atoms with Gasteiger partial charge in [-0.25, -0.2) is 0 Å². The van der Waals surface area contributed by atoms with E-state index in [-0.39, 0.29) is 0 Å². The Hall–Kier alpha value is -1.13. The topological polar surface area (TPSA) is 43.7 Å². The van der Waals surface area contributed by atoms with E-state index in [2.05, 4.69) is 40.7 Å². The molecule has 2 heterocycles. The molecule has 6 heteroatoms. The Labute approximate surface area is 137 Å². The van der Waals surface area contributed by atoms with Crippen LogP contribution in [0, 0.1) is 6.92 Å². The van der Waals surface area contributed by atoms with Gasteiger partial charge in [-0.15, -0.1) is 0 Å². The van der Waals surface area contributed by atoms with E-state index < -0.39 is 7.60 Å². The molecule has 1 aliphatic rings. The number of benzene rings is 1. The molecule has 3 rings (SSSR count). The molecule has 0 atom stereocenters. The Bertz CT molecular complexity index is 731. The zero-order valence-corrected chi connectivity index (χ0v) is 15.0. The zero-order chi connectivity index (χ0) is 16.4. The third kappa shape index (κ3) is 3.24. The molecule has 0 aliphatic carbocycles. The first kappa shape index (κ1) is 16.7. The van der Waals surface area contributed by atoms with Crippen molar-refractivity contribution in [2.45, 2.75) is 33.9 Å². The van der Waals surface area contributed by atoms with E-state index in [0.29, 0.717) is 19.5 Å². The van der Waals surface area contributed by atoms with Crippen LogP contribution in [0.3, 0.4) is 0 Å². The molecule has 0 N–H and O–H groups in total. The number of hydrogen-bond donors (Lipinski definition) is 0. The molecule has 0 unspecified atom stereocenters. The maximum Gasteiger partial charge on any atom is 0.344 e. The first-order valence-electron chi connectivity index (χ1n) is 8.25. The highest BCUT2D eigenvalue weighted by atomic mass is 31.2. The highest BCUT2D eigenvalue weighted by Crippen LogP contribution is 2.49. The van der Waals surface area contributed by atoms with Crippen LogP contribution in [0.15, 0.2) is 24.3 Å². The minimum absolute atomic E-state index is 0.357. The Balaban J connectivity index is 1.84. The van der Waals surface area contributed by atoms with Gasteiger partial charge in [0.25, 0.3) is 0 Å². The minimum atomic E-state index is -3.03. The second kappa shape index (κ2) is 6.78. The SMILES string of the molecule is CCOP(=O)(CN1CCn2c(c(C)c3ccccc32)C1)OCC. The van der Waals surface area contributed by atoms with Crippen molar-refractivity contribution in [3.8, 4) is 0 Å². The van der Waals surface area contributed by atoms with Crippen molar-refractivity contribution in [3.63, 3.8) is 0 Å². The van der Waals surface area contributed by atoms with Crippen LogP contribution in [-0.4, -0.2) is 35.5 Å². The summed E-state index contributed by atoms with van der Waals surface area (Å²) in [6, 6.07) is 8.51. The van der Waals surface area contributed by atoms with Gasteiger partial charge in [0.05, 0.1) is 13.2 Å². The summed E-state index contributed by atoms with van der Waals surface area (Å²) in [5.41, 5.74) is 3.90. The molecule has 0 fully saturated rings. The molecule has 0 spiro atoms. The van der Waals surface area contributed by atoms with E-state index in [1.54, 1.807) is 0 Å². The maximum atomic E-state index is 12.8. The fourth-order valence-electron chi connectivity index (χ4n) is 3.40. The van der Waals surface area contributed by atoms with E-state index >= 15 is 0 Å². The van der Waals surface area contributed by atoms with Crippen molar-refractivity contribution in [2.24, 2.45) is 0 Å². The summed E-state index contributed by atoms with van der Waals surface area (Å²) < 4.78 is 26.0. The van der Waals surface area contributed by atoms with E-state index in [1.165, 1.54) is 22.2 Å². The average Bonchev–Trinajstić information content (AvgIpc) is 2.81. The summed E-state index contributed by atoms with van der Waals surface area (Å²) in [6.45, 7) is 9.23. The van der Waals surface area contributed by atoms with Crippen LogP contribution in [0.4, 0.5) is 0 Å². The molecule has 5 nitrogen and oxygen atoms in total. The van der Waals surface area contributed by atoms with E-state index in [0.717, 1.165) is 19.6 Å². The molecule has 0 saturated heterocycles. The van der Waals surface area contributed by atoms with Gasteiger partial charge in [-0.3, -0.25) is 9.46 Å². The van der Waals surface area contributed by atoms with E-state index in [1.807, 2.05) is 13.8 Å². The molecule has 126 valence electrons. The summed E-state index contributed by atoms with van der Waals surface area (Å²) in [5, 5.41) is 1.31. The lowest BCUT2D eigenvalue weighted by molar-refractivity contribution is 0.183. The molecule has 0 saturated carbocycles. The van der Waals surface area contributed by atoms with E-state index in [4.69, 9.17) is 9.05 Å². The van der Waals surface area contributed by atoms with Crippen molar-refractivity contribution in [3.05, 3.63) is 35.5 Å². The average molecular weight is 336 g/mol. The molecule has 0 amide bonds. The Morgan fingerprint density at radius 3 is 2.52 bits per heavy atom. The fourth-order valence-corrected chi connectivity index (χ4v) is 5.15. The lowest BCUT2D eigenvalue weighted by Gasteiger charge is -2.31. The predicted octanol–water partition coefficient (Wildman–Crippen LogP) is 3.99. The molecule has 1 aromatic heterocycles. The van der Waals surface area contributed by atoms with Gasteiger partial charge in [0, 0.05) is 36.2 Å².